The first-order valence-electron chi connectivity index (χ1n) is 6.16. The van der Waals surface area contributed by atoms with Gasteiger partial charge in [-0.2, -0.15) is 0 Å². The van der Waals surface area contributed by atoms with Crippen LogP contribution in [0.4, 0.5) is 0 Å². The molecule has 1 heterocycles. The minimum absolute atomic E-state index is 0.341. The first-order valence-corrected chi connectivity index (χ1v) is 6.54. The van der Waals surface area contributed by atoms with E-state index in [1.165, 1.54) is 0 Å². The predicted octanol–water partition coefficient (Wildman–Crippen LogP) is 3.07. The number of aromatic nitrogens is 1. The molecule has 104 valence electrons. The molecule has 0 aliphatic heterocycles. The van der Waals surface area contributed by atoms with Crippen LogP contribution in [-0.2, 0) is 13.1 Å². The van der Waals surface area contributed by atoms with Crippen molar-refractivity contribution < 1.29 is 9.90 Å². The zero-order chi connectivity index (χ0) is 14.5. The maximum Gasteiger partial charge on any atom is 0.336 e. The van der Waals surface area contributed by atoms with E-state index in [4.69, 9.17) is 16.7 Å². The molecule has 0 fully saturated rings. The lowest BCUT2D eigenvalue weighted by molar-refractivity contribution is 0.0694. The van der Waals surface area contributed by atoms with Crippen molar-refractivity contribution in [3.63, 3.8) is 0 Å². The number of rotatable bonds is 5. The highest BCUT2D eigenvalue weighted by Gasteiger charge is 2.11. The van der Waals surface area contributed by atoms with Crippen molar-refractivity contribution in [3.8, 4) is 0 Å². The summed E-state index contributed by atoms with van der Waals surface area (Å²) >= 11 is 5.74. The monoisotopic (exact) mass is 290 g/mol. The Morgan fingerprint density at radius 1 is 1.25 bits per heavy atom. The van der Waals surface area contributed by atoms with Crippen LogP contribution in [0.1, 0.15) is 21.5 Å². The normalized spacial score (nSPS) is 10.8. The molecular formula is C15H15ClN2O2. The first-order chi connectivity index (χ1) is 9.56. The largest absolute Gasteiger partial charge is 0.478 e. The molecule has 2 rings (SSSR count). The number of aromatic carboxylic acids is 1. The zero-order valence-corrected chi connectivity index (χ0v) is 11.8. The molecule has 0 unspecified atom stereocenters. The highest BCUT2D eigenvalue weighted by Crippen LogP contribution is 2.13. The van der Waals surface area contributed by atoms with Crippen LogP contribution in [-0.4, -0.2) is 28.0 Å². The Labute approximate surface area is 122 Å². The molecular weight excluding hydrogens is 276 g/mol. The molecule has 0 saturated carbocycles. The van der Waals surface area contributed by atoms with Crippen molar-refractivity contribution >= 4 is 17.6 Å². The summed E-state index contributed by atoms with van der Waals surface area (Å²) in [7, 11) is 1.94. The fourth-order valence-electron chi connectivity index (χ4n) is 2.03. The van der Waals surface area contributed by atoms with Gasteiger partial charge in [-0.05, 0) is 30.3 Å². The molecule has 20 heavy (non-hydrogen) atoms. The Hall–Kier alpha value is -1.91. The molecule has 1 aromatic heterocycles. The van der Waals surface area contributed by atoms with Gasteiger partial charge < -0.3 is 5.11 Å². The molecule has 4 nitrogen and oxygen atoms in total. The molecule has 0 aliphatic rings. The van der Waals surface area contributed by atoms with Crippen molar-refractivity contribution in [2.45, 2.75) is 13.1 Å². The fraction of sp³-hybridized carbons (Fsp3) is 0.200. The third kappa shape index (κ3) is 3.79. The summed E-state index contributed by atoms with van der Waals surface area (Å²) in [5, 5.41) is 9.62. The number of hydrogen-bond donors (Lipinski definition) is 1. The third-order valence-corrected chi connectivity index (χ3v) is 3.15. The molecule has 0 saturated heterocycles. The lowest BCUT2D eigenvalue weighted by atomic mass is 10.1. The summed E-state index contributed by atoms with van der Waals surface area (Å²) in [6.45, 7) is 1.24. The number of nitrogens with zero attached hydrogens (tertiary/aromatic N) is 2. The Kier molecular flexibility index (Phi) is 4.71. The summed E-state index contributed by atoms with van der Waals surface area (Å²) in [5.74, 6) is -0.901. The molecule has 1 N–H and O–H groups in total. The van der Waals surface area contributed by atoms with E-state index in [9.17, 15) is 4.79 Å². The minimum atomic E-state index is -0.901. The van der Waals surface area contributed by atoms with Gasteiger partial charge in [-0.25, -0.2) is 9.78 Å². The summed E-state index contributed by atoms with van der Waals surface area (Å²) < 4.78 is 0. The summed E-state index contributed by atoms with van der Waals surface area (Å²) in [4.78, 5) is 17.2. The summed E-state index contributed by atoms with van der Waals surface area (Å²) in [6, 6.07) is 10.7. The van der Waals surface area contributed by atoms with Crippen LogP contribution in [0, 0.1) is 0 Å². The van der Waals surface area contributed by atoms with Crippen molar-refractivity contribution in [1.82, 2.24) is 9.88 Å². The number of halogens is 1. The van der Waals surface area contributed by atoms with Crippen LogP contribution in [0.2, 0.25) is 5.15 Å². The first kappa shape index (κ1) is 14.5. The second-order valence-corrected chi connectivity index (χ2v) is 5.01. The van der Waals surface area contributed by atoms with Crippen LogP contribution in [0.3, 0.4) is 0 Å². The Balaban J connectivity index is 2.06. The Bertz CT molecular complexity index is 599. The maximum atomic E-state index is 11.2. The SMILES string of the molecule is CN(Cc1ccc(Cl)nc1)Cc1ccccc1C(=O)O. The maximum absolute atomic E-state index is 11.2. The van der Waals surface area contributed by atoms with Crippen molar-refractivity contribution in [2.75, 3.05) is 7.05 Å². The average molecular weight is 291 g/mol. The molecule has 0 spiro atoms. The van der Waals surface area contributed by atoms with E-state index in [0.29, 0.717) is 23.8 Å². The smallest absolute Gasteiger partial charge is 0.336 e. The number of carbonyl (C=O) groups is 1. The van der Waals surface area contributed by atoms with Gasteiger partial charge >= 0.3 is 5.97 Å². The molecule has 1 aromatic carbocycles. The van der Waals surface area contributed by atoms with Gasteiger partial charge in [-0.15, -0.1) is 0 Å². The standard InChI is InChI=1S/C15H15ClN2O2/c1-18(9-11-6-7-14(16)17-8-11)10-12-4-2-3-5-13(12)15(19)20/h2-8H,9-10H2,1H3,(H,19,20). The summed E-state index contributed by atoms with van der Waals surface area (Å²) in [5.41, 5.74) is 2.17. The van der Waals surface area contributed by atoms with E-state index in [-0.39, 0.29) is 0 Å². The van der Waals surface area contributed by atoms with Gasteiger partial charge in [0, 0.05) is 19.3 Å². The third-order valence-electron chi connectivity index (χ3n) is 2.93. The molecule has 0 radical (unpaired) electrons. The molecule has 2 aromatic rings. The minimum Gasteiger partial charge on any atom is -0.478 e. The van der Waals surface area contributed by atoms with Gasteiger partial charge in [-0.1, -0.05) is 35.9 Å². The predicted molar refractivity (Wildman–Crippen MR) is 77.8 cm³/mol. The van der Waals surface area contributed by atoms with Crippen molar-refractivity contribution in [3.05, 3.63) is 64.4 Å². The topological polar surface area (TPSA) is 53.4 Å². The second kappa shape index (κ2) is 6.50. The lowest BCUT2D eigenvalue weighted by Crippen LogP contribution is -2.19. The molecule has 5 heteroatoms. The lowest BCUT2D eigenvalue weighted by Gasteiger charge is -2.17. The Morgan fingerprint density at radius 2 is 2.00 bits per heavy atom. The highest BCUT2D eigenvalue weighted by atomic mass is 35.5. The average Bonchev–Trinajstić information content (AvgIpc) is 2.41. The van der Waals surface area contributed by atoms with Crippen LogP contribution >= 0.6 is 11.6 Å². The van der Waals surface area contributed by atoms with Gasteiger partial charge in [0.1, 0.15) is 5.15 Å². The van der Waals surface area contributed by atoms with E-state index in [1.54, 1.807) is 24.4 Å². The fourth-order valence-corrected chi connectivity index (χ4v) is 2.14. The Morgan fingerprint density at radius 3 is 2.65 bits per heavy atom. The second-order valence-electron chi connectivity index (χ2n) is 4.62. The van der Waals surface area contributed by atoms with Crippen molar-refractivity contribution in [1.29, 1.82) is 0 Å². The summed E-state index contributed by atoms with van der Waals surface area (Å²) in [6.07, 6.45) is 1.72. The number of carboxylic acid groups (broad SMARTS) is 1. The van der Waals surface area contributed by atoms with Crippen LogP contribution in [0.5, 0.6) is 0 Å². The van der Waals surface area contributed by atoms with Gasteiger partial charge in [0.2, 0.25) is 0 Å². The quantitative estimate of drug-likeness (QED) is 0.860. The van der Waals surface area contributed by atoms with E-state index in [1.807, 2.05) is 30.1 Å². The number of carboxylic acids is 1. The van der Waals surface area contributed by atoms with Crippen molar-refractivity contribution in [2.24, 2.45) is 0 Å². The van der Waals surface area contributed by atoms with Gasteiger partial charge in [0.15, 0.2) is 0 Å². The molecule has 0 atom stereocenters. The van der Waals surface area contributed by atoms with Gasteiger partial charge in [0.05, 0.1) is 5.56 Å². The van der Waals surface area contributed by atoms with E-state index < -0.39 is 5.97 Å². The van der Waals surface area contributed by atoms with E-state index in [2.05, 4.69) is 4.98 Å². The van der Waals surface area contributed by atoms with Crippen LogP contribution in [0.15, 0.2) is 42.6 Å². The van der Waals surface area contributed by atoms with Crippen LogP contribution < -0.4 is 0 Å². The van der Waals surface area contributed by atoms with E-state index in [0.717, 1.165) is 11.1 Å². The molecule has 0 amide bonds. The van der Waals surface area contributed by atoms with Gasteiger partial charge in [-0.3, -0.25) is 4.90 Å². The highest BCUT2D eigenvalue weighted by molar-refractivity contribution is 6.29. The zero-order valence-electron chi connectivity index (χ0n) is 11.1. The number of pyridine rings is 1. The van der Waals surface area contributed by atoms with Gasteiger partial charge in [0.25, 0.3) is 0 Å². The van der Waals surface area contributed by atoms with Crippen LogP contribution in [0.25, 0.3) is 0 Å². The molecule has 0 bridgehead atoms. The number of benzene rings is 1. The van der Waals surface area contributed by atoms with E-state index >= 15 is 0 Å². The molecule has 0 aliphatic carbocycles. The number of hydrogen-bond acceptors (Lipinski definition) is 3.